The number of anilines is 2. The predicted octanol–water partition coefficient (Wildman–Crippen LogP) is 4.11. The van der Waals surface area contributed by atoms with Gasteiger partial charge in [0.25, 0.3) is 0 Å². The fourth-order valence-electron chi connectivity index (χ4n) is 3.26. The number of hydrogen-bond donors (Lipinski definition) is 0. The number of pyridine rings is 1. The van der Waals surface area contributed by atoms with Gasteiger partial charge in [-0.15, -0.1) is 0 Å². The van der Waals surface area contributed by atoms with E-state index in [1.807, 2.05) is 71.6 Å². The van der Waals surface area contributed by atoms with Crippen molar-refractivity contribution >= 4 is 39.4 Å². The lowest BCUT2D eigenvalue weighted by molar-refractivity contribution is -0.109. The summed E-state index contributed by atoms with van der Waals surface area (Å²) in [6.07, 6.45) is 1.98. The Labute approximate surface area is 177 Å². The summed E-state index contributed by atoms with van der Waals surface area (Å²) in [5.41, 5.74) is 2.53. The van der Waals surface area contributed by atoms with Crippen molar-refractivity contribution < 1.29 is 9.53 Å². The highest BCUT2D eigenvalue weighted by Crippen LogP contribution is 2.32. The van der Waals surface area contributed by atoms with Gasteiger partial charge >= 0.3 is 0 Å². The van der Waals surface area contributed by atoms with Crippen LogP contribution < -0.4 is 14.6 Å². The average Bonchev–Trinajstić information content (AvgIpc) is 2.79. The van der Waals surface area contributed by atoms with Gasteiger partial charge in [0, 0.05) is 16.2 Å². The van der Waals surface area contributed by atoms with E-state index in [1.54, 1.807) is 18.3 Å². The summed E-state index contributed by atoms with van der Waals surface area (Å²) in [5.74, 6) is 1.46. The normalized spacial score (nSPS) is 16.3. The van der Waals surface area contributed by atoms with E-state index in [9.17, 15) is 4.79 Å². The molecule has 0 saturated heterocycles. The van der Waals surface area contributed by atoms with Gasteiger partial charge in [-0.1, -0.05) is 30.3 Å². The largest absolute Gasteiger partial charge is 0.497 e. The molecule has 0 aliphatic carbocycles. The number of aldehydes is 1. The molecule has 6 nitrogen and oxygen atoms in total. The maximum absolute atomic E-state index is 12.2. The van der Waals surface area contributed by atoms with Crippen LogP contribution in [0.4, 0.5) is 11.5 Å². The number of nitrogens with zero attached hydrogens (tertiary/aromatic N) is 4. The van der Waals surface area contributed by atoms with Crippen LogP contribution in [0.25, 0.3) is 0 Å². The summed E-state index contributed by atoms with van der Waals surface area (Å²) >= 11 is 3.58. The third-order valence-corrected chi connectivity index (χ3v) is 5.36. The summed E-state index contributed by atoms with van der Waals surface area (Å²) < 4.78 is 6.22. The Balaban J connectivity index is 1.86. The highest BCUT2D eigenvalue weighted by atomic mass is 79.9. The minimum absolute atomic E-state index is 0.439. The molecule has 2 heterocycles. The van der Waals surface area contributed by atoms with Gasteiger partial charge in [-0.25, -0.2) is 9.99 Å². The van der Waals surface area contributed by atoms with Crippen molar-refractivity contribution in [2.24, 2.45) is 5.10 Å². The molecule has 0 fully saturated rings. The van der Waals surface area contributed by atoms with E-state index in [1.165, 1.54) is 0 Å². The molecule has 1 aliphatic rings. The molecule has 7 heteroatoms. The Morgan fingerprint density at radius 2 is 1.93 bits per heavy atom. The average molecular weight is 451 g/mol. The number of methoxy groups -OCH3 is 1. The standard InChI is InChI=1S/C22H19BrN4O2/c1-29-17-8-6-7-16(13-17)19-14-26(21-11-4-5-12-24-21)22(15-28)27(25-19)20-10-3-2-9-18(20)23/h2-13,15,22H,14H2,1H3. The van der Waals surface area contributed by atoms with Gasteiger partial charge in [-0.05, 0) is 52.3 Å². The second kappa shape index (κ2) is 8.45. The molecule has 4 rings (SSSR count). The summed E-state index contributed by atoms with van der Waals surface area (Å²) in [5, 5.41) is 6.58. The number of carbonyl (C=O) groups is 1. The van der Waals surface area contributed by atoms with Crippen molar-refractivity contribution in [3.05, 3.63) is 83.0 Å². The van der Waals surface area contributed by atoms with E-state index in [-0.39, 0.29) is 0 Å². The molecule has 1 aliphatic heterocycles. The van der Waals surface area contributed by atoms with E-state index in [0.717, 1.165) is 33.5 Å². The first kappa shape index (κ1) is 19.1. The lowest BCUT2D eigenvalue weighted by atomic mass is 10.1. The van der Waals surface area contributed by atoms with Crippen molar-refractivity contribution in [2.75, 3.05) is 23.6 Å². The van der Waals surface area contributed by atoms with Crippen molar-refractivity contribution in [3.8, 4) is 5.75 Å². The Morgan fingerprint density at radius 3 is 2.66 bits per heavy atom. The van der Waals surface area contributed by atoms with E-state index in [4.69, 9.17) is 9.84 Å². The van der Waals surface area contributed by atoms with Gasteiger partial charge in [0.15, 0.2) is 12.5 Å². The summed E-state index contributed by atoms with van der Waals surface area (Å²) in [7, 11) is 1.64. The molecule has 3 aromatic rings. The summed E-state index contributed by atoms with van der Waals surface area (Å²) in [6.45, 7) is 0.439. The second-order valence-corrected chi connectivity index (χ2v) is 7.29. The molecule has 0 N–H and O–H groups in total. The van der Waals surface area contributed by atoms with Crippen LogP contribution in [0.15, 0.2) is 82.5 Å². The highest BCUT2D eigenvalue weighted by Gasteiger charge is 2.33. The maximum atomic E-state index is 12.2. The molecule has 146 valence electrons. The Kier molecular flexibility index (Phi) is 5.57. The van der Waals surface area contributed by atoms with Crippen LogP contribution in [0.5, 0.6) is 5.75 Å². The number of benzene rings is 2. The van der Waals surface area contributed by atoms with E-state index in [2.05, 4.69) is 20.9 Å². The fourth-order valence-corrected chi connectivity index (χ4v) is 3.73. The smallest absolute Gasteiger partial charge is 0.181 e. The second-order valence-electron chi connectivity index (χ2n) is 6.44. The molecule has 1 aromatic heterocycles. The zero-order valence-corrected chi connectivity index (χ0v) is 17.4. The quantitative estimate of drug-likeness (QED) is 0.547. The van der Waals surface area contributed by atoms with Gasteiger partial charge in [0.1, 0.15) is 11.6 Å². The number of halogens is 1. The molecule has 1 atom stereocenters. The van der Waals surface area contributed by atoms with Gasteiger partial charge in [-0.3, -0.25) is 4.79 Å². The van der Waals surface area contributed by atoms with Crippen LogP contribution in [-0.4, -0.2) is 36.8 Å². The molecule has 0 spiro atoms. The Hall–Kier alpha value is -3.19. The van der Waals surface area contributed by atoms with Gasteiger partial charge in [0.05, 0.1) is 25.1 Å². The third kappa shape index (κ3) is 3.86. The first-order valence-corrected chi connectivity index (χ1v) is 9.89. The first-order chi connectivity index (χ1) is 14.2. The molecule has 0 radical (unpaired) electrons. The molecule has 2 aromatic carbocycles. The van der Waals surface area contributed by atoms with Crippen molar-refractivity contribution in [1.82, 2.24) is 4.98 Å². The predicted molar refractivity (Wildman–Crippen MR) is 118 cm³/mol. The molecule has 0 amide bonds. The van der Waals surface area contributed by atoms with Crippen molar-refractivity contribution in [1.29, 1.82) is 0 Å². The number of rotatable bonds is 5. The summed E-state index contributed by atoms with van der Waals surface area (Å²) in [4.78, 5) is 18.6. The SMILES string of the molecule is COc1cccc(C2=NN(c3ccccc3Br)C(C=O)N(c3ccccn3)C2)c1. The third-order valence-electron chi connectivity index (χ3n) is 4.69. The molecule has 1 unspecified atom stereocenters. The number of ether oxygens (including phenoxy) is 1. The molecule has 0 saturated carbocycles. The molecule has 29 heavy (non-hydrogen) atoms. The number of para-hydroxylation sites is 1. The van der Waals surface area contributed by atoms with Gasteiger partial charge in [0.2, 0.25) is 0 Å². The molecular formula is C22H19BrN4O2. The maximum Gasteiger partial charge on any atom is 0.181 e. The van der Waals surface area contributed by atoms with E-state index >= 15 is 0 Å². The zero-order chi connectivity index (χ0) is 20.2. The summed E-state index contributed by atoms with van der Waals surface area (Å²) in [6, 6.07) is 21.1. The number of hydrazone groups is 1. The lowest BCUT2D eigenvalue weighted by Gasteiger charge is -2.40. The highest BCUT2D eigenvalue weighted by molar-refractivity contribution is 9.10. The van der Waals surface area contributed by atoms with Crippen molar-refractivity contribution in [2.45, 2.75) is 6.17 Å². The van der Waals surface area contributed by atoms with Crippen LogP contribution in [0, 0.1) is 0 Å². The first-order valence-electron chi connectivity index (χ1n) is 9.10. The van der Waals surface area contributed by atoms with Crippen LogP contribution in [0.1, 0.15) is 5.56 Å². The van der Waals surface area contributed by atoms with Crippen LogP contribution in [0.3, 0.4) is 0 Å². The van der Waals surface area contributed by atoms with Crippen LogP contribution >= 0.6 is 15.9 Å². The van der Waals surface area contributed by atoms with Gasteiger partial charge in [-0.2, -0.15) is 5.10 Å². The lowest BCUT2D eigenvalue weighted by Crippen LogP contribution is -2.54. The minimum Gasteiger partial charge on any atom is -0.497 e. The minimum atomic E-state index is -0.627. The van der Waals surface area contributed by atoms with Gasteiger partial charge < -0.3 is 9.64 Å². The topological polar surface area (TPSA) is 58.0 Å². The molecular weight excluding hydrogens is 432 g/mol. The Bertz CT molecular complexity index is 1040. The number of carbonyl (C=O) groups excluding carboxylic acids is 1. The number of aromatic nitrogens is 1. The Morgan fingerprint density at radius 1 is 1.10 bits per heavy atom. The zero-order valence-electron chi connectivity index (χ0n) is 15.8. The van der Waals surface area contributed by atoms with Crippen LogP contribution in [0.2, 0.25) is 0 Å². The van der Waals surface area contributed by atoms with E-state index < -0.39 is 6.17 Å². The number of hydrogen-bond acceptors (Lipinski definition) is 6. The van der Waals surface area contributed by atoms with Crippen molar-refractivity contribution in [3.63, 3.8) is 0 Å². The van der Waals surface area contributed by atoms with E-state index in [0.29, 0.717) is 12.4 Å². The van der Waals surface area contributed by atoms with Crippen LogP contribution in [-0.2, 0) is 4.79 Å². The fraction of sp³-hybridized carbons (Fsp3) is 0.136. The molecule has 0 bridgehead atoms. The monoisotopic (exact) mass is 450 g/mol.